The van der Waals surface area contributed by atoms with E-state index in [4.69, 9.17) is 14.2 Å². The quantitative estimate of drug-likeness (QED) is 0.429. The molecule has 2 N–H and O–H groups in total. The van der Waals surface area contributed by atoms with Crippen molar-refractivity contribution < 1.29 is 14.2 Å². The second kappa shape index (κ2) is 10.3. The van der Waals surface area contributed by atoms with Crippen molar-refractivity contribution in [2.45, 2.75) is 25.0 Å². The Kier molecular flexibility index (Phi) is 8.01. The lowest BCUT2D eigenvalue weighted by molar-refractivity contribution is -0.0855. The molecule has 134 valence electrons. The number of benzene rings is 1. The van der Waals surface area contributed by atoms with E-state index < -0.39 is 0 Å². The van der Waals surface area contributed by atoms with Crippen LogP contribution < -0.4 is 10.6 Å². The van der Waals surface area contributed by atoms with Gasteiger partial charge in [0.25, 0.3) is 0 Å². The van der Waals surface area contributed by atoms with E-state index in [0.29, 0.717) is 19.8 Å². The molecule has 6 heteroatoms. The largest absolute Gasteiger partial charge is 0.381 e. The molecule has 0 aliphatic carbocycles. The summed E-state index contributed by atoms with van der Waals surface area (Å²) in [6.07, 6.45) is 1.79. The van der Waals surface area contributed by atoms with E-state index in [2.05, 4.69) is 27.8 Å². The topological polar surface area (TPSA) is 64.1 Å². The van der Waals surface area contributed by atoms with Crippen LogP contribution in [0.25, 0.3) is 0 Å². The second-order valence-electron chi connectivity index (χ2n) is 5.89. The second-order valence-corrected chi connectivity index (χ2v) is 5.89. The molecular weight excluding hydrogens is 306 g/mol. The van der Waals surface area contributed by atoms with Crippen molar-refractivity contribution in [2.24, 2.45) is 4.99 Å². The van der Waals surface area contributed by atoms with E-state index in [9.17, 15) is 0 Å². The van der Waals surface area contributed by atoms with Crippen LogP contribution in [0.2, 0.25) is 0 Å². The van der Waals surface area contributed by atoms with E-state index in [1.165, 1.54) is 5.56 Å². The molecule has 1 aromatic rings. The standard InChI is InChI=1S/C18H29N3O3/c1-19-17(21-15-18(22-2)8-11-23-12-9-18)20-10-13-24-14-16-6-4-3-5-7-16/h3-7H,8-15H2,1-2H3,(H2,19,20,21). The van der Waals surface area contributed by atoms with Crippen LogP contribution >= 0.6 is 0 Å². The van der Waals surface area contributed by atoms with E-state index in [1.807, 2.05) is 18.2 Å². The number of hydrogen-bond acceptors (Lipinski definition) is 4. The fourth-order valence-corrected chi connectivity index (χ4v) is 2.67. The Morgan fingerprint density at radius 1 is 1.21 bits per heavy atom. The summed E-state index contributed by atoms with van der Waals surface area (Å²) in [6.45, 7) is 4.16. The highest BCUT2D eigenvalue weighted by Gasteiger charge is 2.32. The predicted octanol–water partition coefficient (Wildman–Crippen LogP) is 1.56. The first kappa shape index (κ1) is 18.7. The summed E-state index contributed by atoms with van der Waals surface area (Å²) in [5.74, 6) is 0.765. The van der Waals surface area contributed by atoms with Crippen LogP contribution in [0.3, 0.4) is 0 Å². The SMILES string of the molecule is CN=C(NCCOCc1ccccc1)NCC1(OC)CCOCC1. The van der Waals surface area contributed by atoms with Crippen LogP contribution in [0.15, 0.2) is 35.3 Å². The van der Waals surface area contributed by atoms with Crippen LogP contribution in [0.1, 0.15) is 18.4 Å². The minimum atomic E-state index is -0.167. The Morgan fingerprint density at radius 3 is 2.62 bits per heavy atom. The van der Waals surface area contributed by atoms with E-state index in [-0.39, 0.29) is 5.60 Å². The normalized spacial score (nSPS) is 17.5. The fourth-order valence-electron chi connectivity index (χ4n) is 2.67. The van der Waals surface area contributed by atoms with Gasteiger partial charge in [-0.15, -0.1) is 0 Å². The molecule has 0 atom stereocenters. The highest BCUT2D eigenvalue weighted by molar-refractivity contribution is 5.79. The Balaban J connectivity index is 1.63. The van der Waals surface area contributed by atoms with Gasteiger partial charge >= 0.3 is 0 Å². The van der Waals surface area contributed by atoms with Gasteiger partial charge in [0.2, 0.25) is 0 Å². The first-order chi connectivity index (χ1) is 11.8. The van der Waals surface area contributed by atoms with Crippen LogP contribution in [0.5, 0.6) is 0 Å². The Labute approximate surface area is 144 Å². The lowest BCUT2D eigenvalue weighted by atomic mass is 9.94. The van der Waals surface area contributed by atoms with E-state index in [1.54, 1.807) is 14.2 Å². The summed E-state index contributed by atoms with van der Waals surface area (Å²) >= 11 is 0. The van der Waals surface area contributed by atoms with Gasteiger partial charge in [0.1, 0.15) is 0 Å². The molecule has 1 fully saturated rings. The molecule has 0 amide bonds. The van der Waals surface area contributed by atoms with E-state index in [0.717, 1.165) is 38.6 Å². The molecule has 0 spiro atoms. The smallest absolute Gasteiger partial charge is 0.191 e. The summed E-state index contributed by atoms with van der Waals surface area (Å²) < 4.78 is 16.8. The maximum atomic E-state index is 5.72. The molecule has 24 heavy (non-hydrogen) atoms. The fraction of sp³-hybridized carbons (Fsp3) is 0.611. The molecule has 0 radical (unpaired) electrons. The van der Waals surface area contributed by atoms with Gasteiger partial charge in [-0.25, -0.2) is 0 Å². The van der Waals surface area contributed by atoms with Crippen LogP contribution in [0.4, 0.5) is 0 Å². The summed E-state index contributed by atoms with van der Waals surface area (Å²) in [5.41, 5.74) is 1.02. The lowest BCUT2D eigenvalue weighted by Crippen LogP contribution is -2.51. The Morgan fingerprint density at radius 2 is 1.96 bits per heavy atom. The molecule has 1 aromatic carbocycles. The molecular formula is C18H29N3O3. The number of hydrogen-bond donors (Lipinski definition) is 2. The van der Waals surface area contributed by atoms with Gasteiger partial charge in [-0.2, -0.15) is 0 Å². The van der Waals surface area contributed by atoms with Gasteiger partial charge in [-0.1, -0.05) is 30.3 Å². The van der Waals surface area contributed by atoms with Crippen molar-refractivity contribution in [1.82, 2.24) is 10.6 Å². The summed E-state index contributed by atoms with van der Waals surface area (Å²) in [4.78, 5) is 4.25. The molecule has 6 nitrogen and oxygen atoms in total. The third-order valence-electron chi connectivity index (χ3n) is 4.29. The summed E-state index contributed by atoms with van der Waals surface area (Å²) in [5, 5.41) is 6.61. The highest BCUT2D eigenvalue weighted by Crippen LogP contribution is 2.23. The van der Waals surface area contributed by atoms with Crippen molar-refractivity contribution in [3.05, 3.63) is 35.9 Å². The zero-order valence-corrected chi connectivity index (χ0v) is 14.7. The monoisotopic (exact) mass is 335 g/mol. The third-order valence-corrected chi connectivity index (χ3v) is 4.29. The maximum Gasteiger partial charge on any atom is 0.191 e. The Hall–Kier alpha value is -1.63. The maximum absolute atomic E-state index is 5.72. The molecule has 1 aliphatic rings. The van der Waals surface area contributed by atoms with Crippen molar-refractivity contribution in [3.8, 4) is 0 Å². The highest BCUT2D eigenvalue weighted by atomic mass is 16.5. The Bertz CT molecular complexity index is 488. The molecule has 2 rings (SSSR count). The van der Waals surface area contributed by atoms with Gasteiger partial charge < -0.3 is 24.8 Å². The van der Waals surface area contributed by atoms with Crippen LogP contribution in [-0.2, 0) is 20.8 Å². The number of nitrogens with one attached hydrogen (secondary N) is 2. The zero-order chi connectivity index (χ0) is 17.1. The molecule has 1 aliphatic heterocycles. The molecule has 0 bridgehead atoms. The number of aliphatic imine (C=N–C) groups is 1. The number of guanidine groups is 1. The third kappa shape index (κ3) is 6.11. The predicted molar refractivity (Wildman–Crippen MR) is 95.3 cm³/mol. The molecule has 1 heterocycles. The van der Waals surface area contributed by atoms with Crippen LogP contribution in [0, 0.1) is 0 Å². The first-order valence-electron chi connectivity index (χ1n) is 8.47. The average Bonchev–Trinajstić information content (AvgIpc) is 2.65. The molecule has 0 saturated carbocycles. The minimum absolute atomic E-state index is 0.167. The average molecular weight is 335 g/mol. The molecule has 1 saturated heterocycles. The van der Waals surface area contributed by atoms with Gasteiger partial charge in [0.15, 0.2) is 5.96 Å². The van der Waals surface area contributed by atoms with Gasteiger partial charge in [0, 0.05) is 53.3 Å². The van der Waals surface area contributed by atoms with Crippen molar-refractivity contribution in [3.63, 3.8) is 0 Å². The number of methoxy groups -OCH3 is 1. The lowest BCUT2D eigenvalue weighted by Gasteiger charge is -2.36. The van der Waals surface area contributed by atoms with E-state index >= 15 is 0 Å². The van der Waals surface area contributed by atoms with Gasteiger partial charge in [-0.05, 0) is 5.56 Å². The van der Waals surface area contributed by atoms with Gasteiger partial charge in [0.05, 0.1) is 18.8 Å². The number of rotatable bonds is 8. The number of ether oxygens (including phenoxy) is 3. The minimum Gasteiger partial charge on any atom is -0.381 e. The zero-order valence-electron chi connectivity index (χ0n) is 14.7. The van der Waals surface area contributed by atoms with Crippen LogP contribution in [-0.4, -0.2) is 58.6 Å². The van der Waals surface area contributed by atoms with Crippen molar-refractivity contribution in [2.75, 3.05) is 47.1 Å². The molecule has 0 aromatic heterocycles. The summed E-state index contributed by atoms with van der Waals surface area (Å²) in [7, 11) is 3.53. The van der Waals surface area contributed by atoms with Crippen molar-refractivity contribution in [1.29, 1.82) is 0 Å². The summed E-state index contributed by atoms with van der Waals surface area (Å²) in [6, 6.07) is 10.2. The number of nitrogens with zero attached hydrogens (tertiary/aromatic N) is 1. The van der Waals surface area contributed by atoms with Gasteiger partial charge in [-0.3, -0.25) is 4.99 Å². The van der Waals surface area contributed by atoms with Crippen molar-refractivity contribution >= 4 is 5.96 Å². The first-order valence-corrected chi connectivity index (χ1v) is 8.47. The molecule has 0 unspecified atom stereocenters.